The molecule has 0 radical (unpaired) electrons. The summed E-state index contributed by atoms with van der Waals surface area (Å²) in [6.45, 7) is 1.86. The molecule has 9 nitrogen and oxygen atoms in total. The largest absolute Gasteiger partial charge is 0.494 e. The number of methoxy groups -OCH3 is 1. The monoisotopic (exact) mass is 395 g/mol. The van der Waals surface area contributed by atoms with E-state index in [4.69, 9.17) is 14.2 Å². The van der Waals surface area contributed by atoms with Crippen LogP contribution in [0.5, 0.6) is 5.75 Å². The summed E-state index contributed by atoms with van der Waals surface area (Å²) >= 11 is 0. The van der Waals surface area contributed by atoms with E-state index in [0.29, 0.717) is 49.2 Å². The molecule has 1 saturated heterocycles. The highest BCUT2D eigenvalue weighted by Gasteiger charge is 2.25. The number of hydrogen-bond acceptors (Lipinski definition) is 7. The van der Waals surface area contributed by atoms with Crippen molar-refractivity contribution >= 4 is 5.91 Å². The van der Waals surface area contributed by atoms with Gasteiger partial charge >= 0.3 is 0 Å². The van der Waals surface area contributed by atoms with Gasteiger partial charge in [-0.25, -0.2) is 4.68 Å². The molecule has 1 fully saturated rings. The molecule has 1 aliphatic rings. The van der Waals surface area contributed by atoms with Crippen molar-refractivity contribution in [3.05, 3.63) is 54.4 Å². The Balaban J connectivity index is 1.69. The van der Waals surface area contributed by atoms with Crippen molar-refractivity contribution < 1.29 is 19.0 Å². The first kappa shape index (κ1) is 19.0. The topological polar surface area (TPSA) is 100 Å². The van der Waals surface area contributed by atoms with E-state index in [1.54, 1.807) is 30.1 Å². The van der Waals surface area contributed by atoms with E-state index in [1.807, 2.05) is 30.3 Å². The highest BCUT2D eigenvalue weighted by atomic mass is 16.6. The van der Waals surface area contributed by atoms with Crippen LogP contribution in [0.15, 0.2) is 48.7 Å². The van der Waals surface area contributed by atoms with Gasteiger partial charge in [0.15, 0.2) is 5.69 Å². The molecule has 1 N–H and O–H groups in total. The normalized spacial score (nSPS) is 16.4. The zero-order valence-corrected chi connectivity index (χ0v) is 15.9. The summed E-state index contributed by atoms with van der Waals surface area (Å²) in [7, 11) is 1.58. The second-order valence-electron chi connectivity index (χ2n) is 6.36. The Labute approximate surface area is 167 Å². The zero-order chi connectivity index (χ0) is 20.1. The van der Waals surface area contributed by atoms with Gasteiger partial charge in [-0.05, 0) is 24.3 Å². The number of hydrogen-bond donors (Lipinski definition) is 1. The van der Waals surface area contributed by atoms with Crippen LogP contribution in [-0.4, -0.2) is 65.5 Å². The second kappa shape index (κ2) is 8.80. The number of carbonyl (C=O) groups excluding carboxylic acids is 1. The molecule has 1 aromatic carbocycles. The number of benzene rings is 1. The number of rotatable bonds is 6. The molecule has 0 spiro atoms. The fraction of sp³-hybridized carbons (Fsp3) is 0.300. The number of nitrogens with zero attached hydrogens (tertiary/aromatic N) is 4. The van der Waals surface area contributed by atoms with Crippen LogP contribution in [0, 0.1) is 0 Å². The van der Waals surface area contributed by atoms with Crippen molar-refractivity contribution in [3.63, 3.8) is 0 Å². The molecule has 1 amide bonds. The Morgan fingerprint density at radius 3 is 2.86 bits per heavy atom. The number of pyridine rings is 1. The molecule has 29 heavy (non-hydrogen) atoms. The van der Waals surface area contributed by atoms with E-state index in [-0.39, 0.29) is 17.7 Å². The smallest absolute Gasteiger partial charge is 0.274 e. The standard InChI is InChI=1S/C20H21N5O4/c1-27-17-8-3-2-7-16(17)25-19(15-6-4-5-9-21-15)18(23-24-25)20(26)22-12-14-13-28-10-11-29-14/h2-9,14H,10-13H2,1H3,(H,22,26)/t14-/m1/s1. The second-order valence-corrected chi connectivity index (χ2v) is 6.36. The quantitative estimate of drug-likeness (QED) is 0.675. The third-order valence-corrected chi connectivity index (χ3v) is 4.48. The zero-order valence-electron chi connectivity index (χ0n) is 15.9. The Morgan fingerprint density at radius 2 is 2.10 bits per heavy atom. The van der Waals surface area contributed by atoms with Gasteiger partial charge in [0, 0.05) is 12.7 Å². The van der Waals surface area contributed by atoms with Gasteiger partial charge in [-0.15, -0.1) is 5.10 Å². The minimum Gasteiger partial charge on any atom is -0.494 e. The van der Waals surface area contributed by atoms with Gasteiger partial charge in [0.2, 0.25) is 0 Å². The number of amides is 1. The van der Waals surface area contributed by atoms with Crippen molar-refractivity contribution in [3.8, 4) is 22.8 Å². The first-order valence-electron chi connectivity index (χ1n) is 9.26. The third-order valence-electron chi connectivity index (χ3n) is 4.48. The minimum atomic E-state index is -0.360. The van der Waals surface area contributed by atoms with E-state index in [2.05, 4.69) is 20.6 Å². The summed E-state index contributed by atoms with van der Waals surface area (Å²) in [5, 5.41) is 11.2. The number of ether oxygens (including phenoxy) is 3. The lowest BCUT2D eigenvalue weighted by atomic mass is 10.2. The van der Waals surface area contributed by atoms with Gasteiger partial charge in [0.25, 0.3) is 5.91 Å². The molecule has 0 bridgehead atoms. The first-order valence-corrected chi connectivity index (χ1v) is 9.26. The molecule has 150 valence electrons. The summed E-state index contributed by atoms with van der Waals surface area (Å²) in [5.74, 6) is 0.246. The van der Waals surface area contributed by atoms with Crippen LogP contribution in [-0.2, 0) is 9.47 Å². The molecule has 0 aliphatic carbocycles. The van der Waals surface area contributed by atoms with Gasteiger partial charge < -0.3 is 19.5 Å². The van der Waals surface area contributed by atoms with Crippen molar-refractivity contribution in [2.24, 2.45) is 0 Å². The van der Waals surface area contributed by atoms with Crippen molar-refractivity contribution in [2.75, 3.05) is 33.5 Å². The SMILES string of the molecule is COc1ccccc1-n1nnc(C(=O)NC[C@@H]2COCCO2)c1-c1ccccn1. The summed E-state index contributed by atoms with van der Waals surface area (Å²) in [4.78, 5) is 17.3. The number of para-hydroxylation sites is 2. The first-order chi connectivity index (χ1) is 14.3. The van der Waals surface area contributed by atoms with Crippen LogP contribution in [0.3, 0.4) is 0 Å². The molecular weight excluding hydrogens is 374 g/mol. The maximum atomic E-state index is 12.9. The summed E-state index contributed by atoms with van der Waals surface area (Å²) in [6, 6.07) is 12.8. The lowest BCUT2D eigenvalue weighted by molar-refractivity contribution is -0.0855. The Morgan fingerprint density at radius 1 is 1.24 bits per heavy atom. The van der Waals surface area contributed by atoms with Gasteiger partial charge in [0.1, 0.15) is 17.1 Å². The van der Waals surface area contributed by atoms with E-state index < -0.39 is 0 Å². The third kappa shape index (κ3) is 4.10. The maximum absolute atomic E-state index is 12.9. The van der Waals surface area contributed by atoms with Crippen molar-refractivity contribution in [1.82, 2.24) is 25.3 Å². The van der Waals surface area contributed by atoms with E-state index in [0.717, 1.165) is 0 Å². The Bertz CT molecular complexity index is 970. The molecule has 0 saturated carbocycles. The summed E-state index contributed by atoms with van der Waals surface area (Å²) < 4.78 is 18.0. The fourth-order valence-electron chi connectivity index (χ4n) is 3.09. The molecule has 4 rings (SSSR count). The molecule has 9 heteroatoms. The lowest BCUT2D eigenvalue weighted by Crippen LogP contribution is -2.40. The molecule has 2 aromatic heterocycles. The predicted molar refractivity (Wildman–Crippen MR) is 104 cm³/mol. The number of carbonyl (C=O) groups is 1. The van der Waals surface area contributed by atoms with Crippen LogP contribution in [0.25, 0.3) is 17.1 Å². The van der Waals surface area contributed by atoms with Crippen LogP contribution in [0.2, 0.25) is 0 Å². The van der Waals surface area contributed by atoms with Gasteiger partial charge in [-0.3, -0.25) is 9.78 Å². The van der Waals surface area contributed by atoms with Gasteiger partial charge in [0.05, 0.1) is 38.7 Å². The van der Waals surface area contributed by atoms with E-state index >= 15 is 0 Å². The minimum absolute atomic E-state index is 0.173. The molecule has 1 atom stereocenters. The average Bonchev–Trinajstić information content (AvgIpc) is 3.24. The molecule has 0 unspecified atom stereocenters. The molecule has 3 heterocycles. The Kier molecular flexibility index (Phi) is 5.78. The van der Waals surface area contributed by atoms with E-state index in [9.17, 15) is 4.79 Å². The van der Waals surface area contributed by atoms with Gasteiger partial charge in [-0.2, -0.15) is 0 Å². The summed E-state index contributed by atoms with van der Waals surface area (Å²) in [6.07, 6.45) is 1.47. The molecule has 3 aromatic rings. The predicted octanol–water partition coefficient (Wildman–Crippen LogP) is 1.48. The Hall–Kier alpha value is -3.30. The van der Waals surface area contributed by atoms with Crippen molar-refractivity contribution in [2.45, 2.75) is 6.10 Å². The molecule has 1 aliphatic heterocycles. The summed E-state index contributed by atoms with van der Waals surface area (Å²) in [5.41, 5.74) is 1.89. The van der Waals surface area contributed by atoms with Crippen LogP contribution >= 0.6 is 0 Å². The van der Waals surface area contributed by atoms with Crippen molar-refractivity contribution in [1.29, 1.82) is 0 Å². The molecular formula is C20H21N5O4. The number of aromatic nitrogens is 4. The van der Waals surface area contributed by atoms with Gasteiger partial charge in [-0.1, -0.05) is 23.4 Å². The lowest BCUT2D eigenvalue weighted by Gasteiger charge is -2.22. The maximum Gasteiger partial charge on any atom is 0.274 e. The van der Waals surface area contributed by atoms with Crippen LogP contribution in [0.4, 0.5) is 0 Å². The number of nitrogens with one attached hydrogen (secondary N) is 1. The highest BCUT2D eigenvalue weighted by molar-refractivity contribution is 5.98. The van der Waals surface area contributed by atoms with Crippen LogP contribution in [0.1, 0.15) is 10.5 Å². The fourth-order valence-corrected chi connectivity index (χ4v) is 3.09. The highest BCUT2D eigenvalue weighted by Crippen LogP contribution is 2.28. The average molecular weight is 395 g/mol. The van der Waals surface area contributed by atoms with Crippen LogP contribution < -0.4 is 10.1 Å². The van der Waals surface area contributed by atoms with E-state index in [1.165, 1.54) is 0 Å².